The number of carbonyl (C=O) groups is 2. The van der Waals surface area contributed by atoms with E-state index in [1.807, 2.05) is 0 Å². The summed E-state index contributed by atoms with van der Waals surface area (Å²) in [6.45, 7) is 3.56. The zero-order chi connectivity index (χ0) is 13.9. The monoisotopic (exact) mass is 270 g/mol. The number of aromatic carboxylic acids is 1. The highest BCUT2D eigenvalue weighted by Crippen LogP contribution is 2.25. The summed E-state index contributed by atoms with van der Waals surface area (Å²) >= 11 is 5.90. The van der Waals surface area contributed by atoms with E-state index in [-0.39, 0.29) is 28.7 Å². The molecule has 6 heteroatoms. The summed E-state index contributed by atoms with van der Waals surface area (Å²) in [7, 11) is 0. The summed E-state index contributed by atoms with van der Waals surface area (Å²) < 4.78 is 0. The van der Waals surface area contributed by atoms with Gasteiger partial charge in [0.15, 0.2) is 0 Å². The van der Waals surface area contributed by atoms with Crippen LogP contribution in [0.3, 0.4) is 0 Å². The van der Waals surface area contributed by atoms with Crippen LogP contribution in [0.4, 0.5) is 5.69 Å². The molecule has 0 aliphatic carbocycles. The lowest BCUT2D eigenvalue weighted by molar-refractivity contribution is -0.123. The fourth-order valence-electron chi connectivity index (χ4n) is 1.14. The average Bonchev–Trinajstić information content (AvgIpc) is 2.31. The van der Waals surface area contributed by atoms with Gasteiger partial charge in [0.05, 0.1) is 21.7 Å². The van der Waals surface area contributed by atoms with Crippen molar-refractivity contribution < 1.29 is 14.7 Å². The van der Waals surface area contributed by atoms with Crippen molar-refractivity contribution in [3.63, 3.8) is 0 Å². The van der Waals surface area contributed by atoms with Crippen molar-refractivity contribution in [3.05, 3.63) is 28.8 Å². The number of rotatable bonds is 4. The lowest BCUT2D eigenvalue weighted by atomic mass is 9.92. The summed E-state index contributed by atoms with van der Waals surface area (Å²) in [6.07, 6.45) is 0. The van der Waals surface area contributed by atoms with Crippen LogP contribution in [-0.2, 0) is 4.79 Å². The molecule has 0 atom stereocenters. The summed E-state index contributed by atoms with van der Waals surface area (Å²) in [6, 6.07) is 4.11. The molecule has 0 saturated carbocycles. The molecule has 18 heavy (non-hydrogen) atoms. The zero-order valence-electron chi connectivity index (χ0n) is 10.2. The third-order valence-electron chi connectivity index (χ3n) is 2.59. The minimum Gasteiger partial charge on any atom is -0.478 e. The van der Waals surface area contributed by atoms with Crippen molar-refractivity contribution in [2.45, 2.75) is 13.8 Å². The van der Waals surface area contributed by atoms with Crippen LogP contribution in [0.1, 0.15) is 24.2 Å². The molecule has 0 spiro atoms. The molecule has 0 heterocycles. The second-order valence-electron chi connectivity index (χ2n) is 4.54. The Hall–Kier alpha value is -1.59. The maximum Gasteiger partial charge on any atom is 0.335 e. The standard InChI is InChI=1S/C12H15ClN2O3/c1-12(2,6-14)11(18)15-9-5-7(10(16)17)3-4-8(9)13/h3-5H,6,14H2,1-2H3,(H,15,18)(H,16,17). The molecule has 1 amide bonds. The highest BCUT2D eigenvalue weighted by Gasteiger charge is 2.26. The largest absolute Gasteiger partial charge is 0.478 e. The van der Waals surface area contributed by atoms with Crippen LogP contribution in [0.25, 0.3) is 0 Å². The predicted molar refractivity (Wildman–Crippen MR) is 69.9 cm³/mol. The number of hydrogen-bond donors (Lipinski definition) is 3. The van der Waals surface area contributed by atoms with Crippen LogP contribution in [0.15, 0.2) is 18.2 Å². The first kappa shape index (κ1) is 14.5. The molecule has 1 rings (SSSR count). The first-order valence-corrected chi connectivity index (χ1v) is 5.70. The molecule has 0 aliphatic heterocycles. The van der Waals surface area contributed by atoms with Crippen molar-refractivity contribution in [2.24, 2.45) is 11.1 Å². The Morgan fingerprint density at radius 1 is 1.44 bits per heavy atom. The van der Waals surface area contributed by atoms with Gasteiger partial charge in [-0.05, 0) is 32.0 Å². The number of carboxylic acids is 1. The third kappa shape index (κ3) is 3.21. The van der Waals surface area contributed by atoms with Gasteiger partial charge in [-0.15, -0.1) is 0 Å². The quantitative estimate of drug-likeness (QED) is 0.780. The number of nitrogens with one attached hydrogen (secondary N) is 1. The molecule has 0 bridgehead atoms. The van der Waals surface area contributed by atoms with Crippen LogP contribution in [-0.4, -0.2) is 23.5 Å². The van der Waals surface area contributed by atoms with Crippen molar-refractivity contribution in [3.8, 4) is 0 Å². The van der Waals surface area contributed by atoms with Crippen LogP contribution in [0, 0.1) is 5.41 Å². The fourth-order valence-corrected chi connectivity index (χ4v) is 1.30. The van der Waals surface area contributed by atoms with Gasteiger partial charge >= 0.3 is 5.97 Å². The first-order valence-electron chi connectivity index (χ1n) is 5.32. The summed E-state index contributed by atoms with van der Waals surface area (Å²) in [4.78, 5) is 22.7. The van der Waals surface area contributed by atoms with Gasteiger partial charge in [0.2, 0.25) is 5.91 Å². The van der Waals surface area contributed by atoms with E-state index in [9.17, 15) is 9.59 Å². The lowest BCUT2D eigenvalue weighted by Gasteiger charge is -2.21. The second kappa shape index (κ2) is 5.37. The predicted octanol–water partition coefficient (Wildman–Crippen LogP) is 1.96. The third-order valence-corrected chi connectivity index (χ3v) is 2.92. The van der Waals surface area contributed by atoms with Crippen LogP contribution in [0.2, 0.25) is 5.02 Å². The van der Waals surface area contributed by atoms with E-state index in [0.29, 0.717) is 0 Å². The lowest BCUT2D eigenvalue weighted by Crippen LogP contribution is -2.37. The summed E-state index contributed by atoms with van der Waals surface area (Å²) in [5, 5.41) is 11.7. The van der Waals surface area contributed by atoms with Crippen LogP contribution < -0.4 is 11.1 Å². The Morgan fingerprint density at radius 3 is 2.56 bits per heavy atom. The number of nitrogens with two attached hydrogens (primary N) is 1. The molecule has 0 unspecified atom stereocenters. The maximum absolute atomic E-state index is 11.9. The second-order valence-corrected chi connectivity index (χ2v) is 4.95. The Labute approximate surface area is 110 Å². The molecular weight excluding hydrogens is 256 g/mol. The molecule has 0 radical (unpaired) electrons. The number of carbonyl (C=O) groups excluding carboxylic acids is 1. The van der Waals surface area contributed by atoms with Gasteiger partial charge in [0, 0.05) is 6.54 Å². The highest BCUT2D eigenvalue weighted by molar-refractivity contribution is 6.33. The SMILES string of the molecule is CC(C)(CN)C(=O)Nc1cc(C(=O)O)ccc1Cl. The Kier molecular flexibility index (Phi) is 4.32. The van der Waals surface area contributed by atoms with Gasteiger partial charge in [-0.2, -0.15) is 0 Å². The number of amides is 1. The van der Waals surface area contributed by atoms with Crippen molar-refractivity contribution >= 4 is 29.2 Å². The molecule has 0 aliphatic rings. The number of hydrogen-bond acceptors (Lipinski definition) is 3. The molecule has 0 saturated heterocycles. The Bertz CT molecular complexity index is 486. The van der Waals surface area contributed by atoms with Gasteiger partial charge in [0.25, 0.3) is 0 Å². The summed E-state index contributed by atoms with van der Waals surface area (Å²) in [5.74, 6) is -1.39. The minimum atomic E-state index is -1.08. The van der Waals surface area contributed by atoms with Gasteiger partial charge in [0.1, 0.15) is 0 Å². The van der Waals surface area contributed by atoms with E-state index in [4.69, 9.17) is 22.4 Å². The zero-order valence-corrected chi connectivity index (χ0v) is 10.9. The van der Waals surface area contributed by atoms with Gasteiger partial charge in [-0.25, -0.2) is 4.79 Å². The average molecular weight is 271 g/mol. The maximum atomic E-state index is 11.9. The number of carboxylic acid groups (broad SMARTS) is 1. The van der Waals surface area contributed by atoms with E-state index in [1.54, 1.807) is 13.8 Å². The van der Waals surface area contributed by atoms with Crippen molar-refractivity contribution in [1.82, 2.24) is 0 Å². The molecule has 98 valence electrons. The Morgan fingerprint density at radius 2 is 2.06 bits per heavy atom. The highest BCUT2D eigenvalue weighted by atomic mass is 35.5. The van der Waals surface area contributed by atoms with Crippen molar-refractivity contribution in [2.75, 3.05) is 11.9 Å². The smallest absolute Gasteiger partial charge is 0.335 e. The normalized spacial score (nSPS) is 11.1. The Balaban J connectivity index is 3.01. The van der Waals surface area contributed by atoms with Gasteiger partial charge < -0.3 is 16.2 Å². The fraction of sp³-hybridized carbons (Fsp3) is 0.333. The number of halogens is 1. The molecule has 1 aromatic carbocycles. The van der Waals surface area contributed by atoms with Crippen LogP contribution in [0.5, 0.6) is 0 Å². The van der Waals surface area contributed by atoms with E-state index in [2.05, 4.69) is 5.32 Å². The minimum absolute atomic E-state index is 0.0558. The van der Waals surface area contributed by atoms with Crippen LogP contribution >= 0.6 is 11.6 Å². The van der Waals surface area contributed by atoms with E-state index in [1.165, 1.54) is 18.2 Å². The molecule has 0 aromatic heterocycles. The molecular formula is C12H15ClN2O3. The van der Waals surface area contributed by atoms with E-state index >= 15 is 0 Å². The van der Waals surface area contributed by atoms with Gasteiger partial charge in [-0.3, -0.25) is 4.79 Å². The number of benzene rings is 1. The topological polar surface area (TPSA) is 92.4 Å². The molecule has 1 aromatic rings. The van der Waals surface area contributed by atoms with E-state index in [0.717, 1.165) is 0 Å². The molecule has 5 nitrogen and oxygen atoms in total. The first-order chi connectivity index (χ1) is 8.27. The van der Waals surface area contributed by atoms with E-state index < -0.39 is 11.4 Å². The summed E-state index contributed by atoms with van der Waals surface area (Å²) in [5.41, 5.74) is 5.06. The van der Waals surface area contributed by atoms with Crippen molar-refractivity contribution in [1.29, 1.82) is 0 Å². The molecule has 0 fully saturated rings. The molecule has 4 N–H and O–H groups in total. The number of anilines is 1. The van der Waals surface area contributed by atoms with Gasteiger partial charge in [-0.1, -0.05) is 11.6 Å².